The molecule has 0 spiro atoms. The summed E-state index contributed by atoms with van der Waals surface area (Å²) in [6, 6.07) is 3.59. The third kappa shape index (κ3) is 3.07. The van der Waals surface area contributed by atoms with Gasteiger partial charge >= 0.3 is 13.1 Å². The molecule has 5 nitrogen and oxygen atoms in total. The van der Waals surface area contributed by atoms with Crippen molar-refractivity contribution in [2.75, 3.05) is 0 Å². The molecule has 0 saturated carbocycles. The molecule has 1 aromatic carbocycles. The molecule has 0 heterocycles. The molecule has 1 aromatic rings. The maximum Gasteiger partial charge on any atom is 0.488 e. The van der Waals surface area contributed by atoms with Crippen molar-refractivity contribution in [1.82, 2.24) is 0 Å². The Labute approximate surface area is 104 Å². The Hall–Kier alpha value is -1.44. The van der Waals surface area contributed by atoms with Crippen molar-refractivity contribution in [2.45, 2.75) is 25.3 Å². The highest BCUT2D eigenvalue weighted by Crippen LogP contribution is 2.17. The number of hydrogen-bond acceptors (Lipinski definition) is 4. The maximum absolute atomic E-state index is 13.7. The van der Waals surface area contributed by atoms with Crippen LogP contribution >= 0.6 is 0 Å². The second-order valence-corrected chi connectivity index (χ2v) is 4.22. The first-order chi connectivity index (χ1) is 8.30. The molecule has 0 aliphatic heterocycles. The maximum atomic E-state index is 13.7. The van der Waals surface area contributed by atoms with Gasteiger partial charge in [0.15, 0.2) is 0 Å². The van der Waals surface area contributed by atoms with E-state index in [2.05, 4.69) is 0 Å². The Bertz CT molecular complexity index is 455. The van der Waals surface area contributed by atoms with E-state index in [1.54, 1.807) is 6.92 Å². The van der Waals surface area contributed by atoms with E-state index in [1.165, 1.54) is 12.1 Å². The summed E-state index contributed by atoms with van der Waals surface area (Å²) in [5.41, 5.74) is 4.28. The fraction of sp³-hybridized carbons (Fsp3) is 0.364. The lowest BCUT2D eigenvalue weighted by Crippen LogP contribution is -2.49. The molecule has 0 fully saturated rings. The standard InChI is InChI=1S/C11H15BFNO4/c1-2-11(14,10(15)16)6-7-3-4-8(12(17)18)5-9(7)13/h3-5,17-18H,2,6,14H2,1H3,(H,15,16)/t11-/m0/s1. The highest BCUT2D eigenvalue weighted by molar-refractivity contribution is 6.58. The Morgan fingerprint density at radius 2 is 2.11 bits per heavy atom. The van der Waals surface area contributed by atoms with Gasteiger partial charge in [-0.1, -0.05) is 19.1 Å². The van der Waals surface area contributed by atoms with Crippen LogP contribution in [0.25, 0.3) is 0 Å². The molecule has 1 atom stereocenters. The van der Waals surface area contributed by atoms with Crippen LogP contribution in [0, 0.1) is 5.82 Å². The molecule has 18 heavy (non-hydrogen) atoms. The quantitative estimate of drug-likeness (QED) is 0.518. The minimum absolute atomic E-state index is 0.00527. The monoisotopic (exact) mass is 255 g/mol. The van der Waals surface area contributed by atoms with Gasteiger partial charge in [0.2, 0.25) is 0 Å². The summed E-state index contributed by atoms with van der Waals surface area (Å²) in [6.45, 7) is 1.61. The number of hydrogen-bond donors (Lipinski definition) is 4. The van der Waals surface area contributed by atoms with Gasteiger partial charge in [0, 0.05) is 6.42 Å². The second-order valence-electron chi connectivity index (χ2n) is 4.22. The average Bonchev–Trinajstić information content (AvgIpc) is 2.31. The topological polar surface area (TPSA) is 104 Å². The van der Waals surface area contributed by atoms with Crippen LogP contribution in [0.1, 0.15) is 18.9 Å². The molecule has 98 valence electrons. The zero-order valence-corrected chi connectivity index (χ0v) is 9.93. The zero-order chi connectivity index (χ0) is 13.9. The zero-order valence-electron chi connectivity index (χ0n) is 9.93. The Balaban J connectivity index is 3.02. The first kappa shape index (κ1) is 14.6. The van der Waals surface area contributed by atoms with E-state index in [0.717, 1.165) is 6.07 Å². The van der Waals surface area contributed by atoms with Gasteiger partial charge < -0.3 is 20.9 Å². The first-order valence-electron chi connectivity index (χ1n) is 5.47. The van der Waals surface area contributed by atoms with Crippen molar-refractivity contribution in [3.05, 3.63) is 29.6 Å². The molecule has 0 unspecified atom stereocenters. The third-order valence-electron chi connectivity index (χ3n) is 2.94. The molecule has 7 heteroatoms. The molecule has 0 aliphatic rings. The molecular formula is C11H15BFNO4. The van der Waals surface area contributed by atoms with Gasteiger partial charge in [-0.2, -0.15) is 0 Å². The first-order valence-corrected chi connectivity index (χ1v) is 5.47. The normalized spacial score (nSPS) is 14.1. The van der Waals surface area contributed by atoms with Crippen molar-refractivity contribution >= 4 is 18.6 Å². The van der Waals surface area contributed by atoms with Crippen LogP contribution in [-0.2, 0) is 11.2 Å². The van der Waals surface area contributed by atoms with Crippen molar-refractivity contribution < 1.29 is 24.3 Å². The summed E-state index contributed by atoms with van der Waals surface area (Å²) in [5, 5.41) is 26.8. The lowest BCUT2D eigenvalue weighted by atomic mass is 9.79. The van der Waals surface area contributed by atoms with Crippen molar-refractivity contribution in [3.63, 3.8) is 0 Å². The summed E-state index contributed by atoms with van der Waals surface area (Å²) in [6.07, 6.45) is -0.00137. The van der Waals surface area contributed by atoms with E-state index in [1.807, 2.05) is 0 Å². The molecule has 0 aromatic heterocycles. The highest BCUT2D eigenvalue weighted by Gasteiger charge is 2.33. The van der Waals surface area contributed by atoms with E-state index in [-0.39, 0.29) is 23.9 Å². The molecule has 0 saturated heterocycles. The van der Waals surface area contributed by atoms with E-state index >= 15 is 0 Å². The largest absolute Gasteiger partial charge is 0.488 e. The predicted octanol–water partition coefficient (Wildman–Crippen LogP) is -0.760. The van der Waals surface area contributed by atoms with E-state index in [4.69, 9.17) is 20.9 Å². The number of rotatable bonds is 5. The fourth-order valence-corrected chi connectivity index (χ4v) is 1.56. The minimum atomic E-state index is -1.76. The summed E-state index contributed by atoms with van der Waals surface area (Å²) in [4.78, 5) is 11.0. The van der Waals surface area contributed by atoms with Crippen LogP contribution in [0.3, 0.4) is 0 Å². The lowest BCUT2D eigenvalue weighted by Gasteiger charge is -2.23. The molecule has 0 radical (unpaired) electrons. The van der Waals surface area contributed by atoms with Gasteiger partial charge in [-0.15, -0.1) is 0 Å². The summed E-state index contributed by atoms with van der Waals surface area (Å²) in [5.74, 6) is -1.90. The van der Waals surface area contributed by atoms with Gasteiger partial charge in [-0.3, -0.25) is 4.79 Å². The van der Waals surface area contributed by atoms with Gasteiger partial charge in [0.25, 0.3) is 0 Å². The van der Waals surface area contributed by atoms with Crippen LogP contribution in [0.2, 0.25) is 0 Å². The van der Waals surface area contributed by atoms with Crippen LogP contribution in [0.15, 0.2) is 18.2 Å². The van der Waals surface area contributed by atoms with Crippen LogP contribution < -0.4 is 11.2 Å². The summed E-state index contributed by atoms with van der Waals surface area (Å²) >= 11 is 0. The van der Waals surface area contributed by atoms with E-state index in [9.17, 15) is 9.18 Å². The van der Waals surface area contributed by atoms with Gasteiger partial charge in [0.1, 0.15) is 11.4 Å². The number of carboxylic acid groups (broad SMARTS) is 1. The van der Waals surface area contributed by atoms with Gasteiger partial charge in [-0.05, 0) is 23.5 Å². The number of carbonyl (C=O) groups is 1. The van der Waals surface area contributed by atoms with Crippen molar-refractivity contribution in [1.29, 1.82) is 0 Å². The Kier molecular flexibility index (Phi) is 4.45. The molecule has 5 N–H and O–H groups in total. The Morgan fingerprint density at radius 3 is 2.50 bits per heavy atom. The number of halogens is 1. The molecule has 0 bridgehead atoms. The molecular weight excluding hydrogens is 240 g/mol. The van der Waals surface area contributed by atoms with Crippen molar-refractivity contribution in [3.8, 4) is 0 Å². The van der Waals surface area contributed by atoms with Crippen LogP contribution in [-0.4, -0.2) is 33.8 Å². The minimum Gasteiger partial charge on any atom is -0.480 e. The van der Waals surface area contributed by atoms with Gasteiger partial charge in [-0.25, -0.2) is 4.39 Å². The Morgan fingerprint density at radius 1 is 1.50 bits per heavy atom. The highest BCUT2D eigenvalue weighted by atomic mass is 19.1. The molecule has 0 amide bonds. The molecule has 0 aliphatic carbocycles. The number of carboxylic acids is 1. The average molecular weight is 255 g/mol. The third-order valence-corrected chi connectivity index (χ3v) is 2.94. The predicted molar refractivity (Wildman–Crippen MR) is 64.8 cm³/mol. The number of benzene rings is 1. The lowest BCUT2D eigenvalue weighted by molar-refractivity contribution is -0.143. The molecule has 1 rings (SSSR count). The SMILES string of the molecule is CC[C@](N)(Cc1ccc(B(O)O)cc1F)C(=O)O. The van der Waals surface area contributed by atoms with Gasteiger partial charge in [0.05, 0.1) is 0 Å². The fourth-order valence-electron chi connectivity index (χ4n) is 1.56. The summed E-state index contributed by atoms with van der Waals surface area (Å²) < 4.78 is 13.7. The van der Waals surface area contributed by atoms with Crippen LogP contribution in [0.4, 0.5) is 4.39 Å². The second kappa shape index (κ2) is 5.47. The van der Waals surface area contributed by atoms with Crippen LogP contribution in [0.5, 0.6) is 0 Å². The van der Waals surface area contributed by atoms with E-state index in [0.29, 0.717) is 0 Å². The smallest absolute Gasteiger partial charge is 0.480 e. The van der Waals surface area contributed by atoms with Crippen molar-refractivity contribution in [2.24, 2.45) is 5.73 Å². The summed E-state index contributed by atoms with van der Waals surface area (Å²) in [7, 11) is -1.76. The number of aliphatic carboxylic acids is 1. The van der Waals surface area contributed by atoms with E-state index < -0.39 is 24.4 Å². The number of nitrogens with two attached hydrogens (primary N) is 1.